The lowest BCUT2D eigenvalue weighted by molar-refractivity contribution is -0.132. The smallest absolute Gasteiger partial charge is 0.308 e. The molecule has 0 aliphatic heterocycles. The van der Waals surface area contributed by atoms with Crippen molar-refractivity contribution >= 4 is 40.8 Å². The molecule has 9 heteroatoms. The van der Waals surface area contributed by atoms with Gasteiger partial charge in [0, 0.05) is 23.2 Å². The minimum absolute atomic E-state index is 0.223. The molecule has 0 aliphatic rings. The van der Waals surface area contributed by atoms with Gasteiger partial charge in [-0.25, -0.2) is 0 Å². The highest BCUT2D eigenvalue weighted by Gasteiger charge is 2.20. The van der Waals surface area contributed by atoms with E-state index in [2.05, 4.69) is 5.32 Å². The van der Waals surface area contributed by atoms with E-state index in [1.165, 1.54) is 35.4 Å². The summed E-state index contributed by atoms with van der Waals surface area (Å²) < 4.78 is 26.9. The third kappa shape index (κ3) is 6.28. The second-order valence-corrected chi connectivity index (χ2v) is 7.87. The Morgan fingerprint density at radius 3 is 1.92 bits per heavy atom. The number of ether oxygens (including phenoxy) is 5. The molecule has 8 nitrogen and oxygen atoms in total. The van der Waals surface area contributed by atoms with E-state index < -0.39 is 11.9 Å². The van der Waals surface area contributed by atoms with Crippen molar-refractivity contribution in [2.45, 2.75) is 6.92 Å². The number of esters is 1. The maximum atomic E-state index is 13.5. The molecule has 0 aromatic heterocycles. The fourth-order valence-electron chi connectivity index (χ4n) is 3.43. The molecule has 36 heavy (non-hydrogen) atoms. The minimum atomic E-state index is -0.500. The molecule has 0 spiro atoms. The molecule has 1 amide bonds. The molecule has 0 atom stereocenters. The highest BCUT2D eigenvalue weighted by atomic mass is 35.5. The number of amides is 1. The molecule has 0 unspecified atom stereocenters. The highest BCUT2D eigenvalue weighted by Crippen LogP contribution is 2.40. The standard InChI is InChI=1S/C27H26ClNO7/c1-16(30)36-23-13-17(6-11-22(23)32-2)12-21(27(31)29-20-9-7-19(28)8-10-20)18-14-24(33-3)26(35-5)25(15-18)34-4/h6-15H,1-5H3,(H,29,31)/b21-12+. The second-order valence-electron chi connectivity index (χ2n) is 7.44. The molecule has 0 saturated heterocycles. The summed E-state index contributed by atoms with van der Waals surface area (Å²) in [5, 5.41) is 3.42. The molecule has 3 aromatic carbocycles. The van der Waals surface area contributed by atoms with Crippen LogP contribution in [0.5, 0.6) is 28.7 Å². The number of hydrogen-bond donors (Lipinski definition) is 1. The number of methoxy groups -OCH3 is 4. The van der Waals surface area contributed by atoms with E-state index in [9.17, 15) is 9.59 Å². The average Bonchev–Trinajstić information content (AvgIpc) is 2.87. The van der Waals surface area contributed by atoms with Crippen molar-refractivity contribution in [3.05, 3.63) is 70.7 Å². The maximum absolute atomic E-state index is 13.5. The number of hydrogen-bond acceptors (Lipinski definition) is 7. The van der Waals surface area contributed by atoms with Crippen LogP contribution in [-0.2, 0) is 9.59 Å². The van der Waals surface area contributed by atoms with E-state index in [1.807, 2.05) is 0 Å². The Balaban J connectivity index is 2.16. The molecular formula is C27H26ClNO7. The quantitative estimate of drug-likeness (QED) is 0.176. The predicted molar refractivity (Wildman–Crippen MR) is 138 cm³/mol. The van der Waals surface area contributed by atoms with Gasteiger partial charge in [0.1, 0.15) is 0 Å². The molecule has 3 aromatic rings. The van der Waals surface area contributed by atoms with Gasteiger partial charge in [-0.1, -0.05) is 17.7 Å². The molecule has 188 valence electrons. The first-order valence-corrected chi connectivity index (χ1v) is 11.1. The molecule has 0 aliphatic carbocycles. The van der Waals surface area contributed by atoms with Gasteiger partial charge in [-0.3, -0.25) is 9.59 Å². The number of anilines is 1. The number of nitrogens with one attached hydrogen (secondary N) is 1. The zero-order chi connectivity index (χ0) is 26.2. The van der Waals surface area contributed by atoms with Crippen LogP contribution in [0.1, 0.15) is 18.1 Å². The highest BCUT2D eigenvalue weighted by molar-refractivity contribution is 6.31. The Hall–Kier alpha value is -4.17. The van der Waals surface area contributed by atoms with Crippen molar-refractivity contribution in [2.24, 2.45) is 0 Å². The molecule has 0 bridgehead atoms. The van der Waals surface area contributed by atoms with Crippen LogP contribution in [0.25, 0.3) is 11.6 Å². The monoisotopic (exact) mass is 511 g/mol. The summed E-state index contributed by atoms with van der Waals surface area (Å²) in [7, 11) is 5.96. The van der Waals surface area contributed by atoms with Crippen molar-refractivity contribution < 1.29 is 33.3 Å². The SMILES string of the molecule is COc1ccc(/C=C(/C(=O)Nc2ccc(Cl)cc2)c2cc(OC)c(OC)c(OC)c2)cc1OC(C)=O. The molecule has 0 fully saturated rings. The van der Waals surface area contributed by atoms with Gasteiger partial charge in [0.2, 0.25) is 5.75 Å². The number of rotatable bonds is 9. The lowest BCUT2D eigenvalue weighted by Crippen LogP contribution is -2.14. The minimum Gasteiger partial charge on any atom is -0.493 e. The van der Waals surface area contributed by atoms with Gasteiger partial charge in [-0.2, -0.15) is 0 Å². The number of benzene rings is 3. The Morgan fingerprint density at radius 1 is 0.778 bits per heavy atom. The van der Waals surface area contributed by atoms with Gasteiger partial charge in [0.05, 0.1) is 28.4 Å². The molecular weight excluding hydrogens is 486 g/mol. The van der Waals surface area contributed by atoms with Gasteiger partial charge in [-0.05, 0) is 65.7 Å². The third-order valence-electron chi connectivity index (χ3n) is 5.07. The van der Waals surface area contributed by atoms with Crippen LogP contribution in [0.3, 0.4) is 0 Å². The summed E-state index contributed by atoms with van der Waals surface area (Å²) in [6, 6.07) is 15.1. The predicted octanol–water partition coefficient (Wildman–Crippen LogP) is 5.48. The van der Waals surface area contributed by atoms with Crippen LogP contribution in [0, 0.1) is 0 Å². The van der Waals surface area contributed by atoms with Crippen LogP contribution in [0.15, 0.2) is 54.6 Å². The van der Waals surface area contributed by atoms with Crippen molar-refractivity contribution in [1.82, 2.24) is 0 Å². The van der Waals surface area contributed by atoms with Crippen LogP contribution >= 0.6 is 11.6 Å². The first kappa shape index (κ1) is 26.4. The summed E-state index contributed by atoms with van der Waals surface area (Å²) in [5.74, 6) is 0.849. The van der Waals surface area contributed by atoms with Gasteiger partial charge in [0.15, 0.2) is 23.0 Å². The number of halogens is 1. The molecule has 0 radical (unpaired) electrons. The number of carbonyl (C=O) groups is 2. The second kappa shape index (κ2) is 12.0. The van der Waals surface area contributed by atoms with E-state index >= 15 is 0 Å². The van der Waals surface area contributed by atoms with Crippen molar-refractivity contribution in [2.75, 3.05) is 33.8 Å². The van der Waals surface area contributed by atoms with E-state index in [4.69, 9.17) is 35.3 Å². The summed E-state index contributed by atoms with van der Waals surface area (Å²) in [6.07, 6.45) is 1.65. The van der Waals surface area contributed by atoms with Gasteiger partial charge < -0.3 is 29.0 Å². The lowest BCUT2D eigenvalue weighted by atomic mass is 10.00. The lowest BCUT2D eigenvalue weighted by Gasteiger charge is -2.16. The van der Waals surface area contributed by atoms with Crippen LogP contribution in [-0.4, -0.2) is 40.3 Å². The molecule has 3 rings (SSSR count). The fraction of sp³-hybridized carbons (Fsp3) is 0.185. The molecule has 0 saturated carbocycles. The van der Waals surface area contributed by atoms with E-state index in [0.29, 0.717) is 44.8 Å². The average molecular weight is 512 g/mol. The summed E-state index contributed by atoms with van der Waals surface area (Å²) >= 11 is 5.97. The summed E-state index contributed by atoms with van der Waals surface area (Å²) in [4.78, 5) is 25.1. The van der Waals surface area contributed by atoms with E-state index in [1.54, 1.807) is 60.7 Å². The summed E-state index contributed by atoms with van der Waals surface area (Å²) in [6.45, 7) is 1.29. The largest absolute Gasteiger partial charge is 0.493 e. The number of carbonyl (C=O) groups excluding carboxylic acids is 2. The van der Waals surface area contributed by atoms with Crippen molar-refractivity contribution in [3.8, 4) is 28.7 Å². The van der Waals surface area contributed by atoms with Gasteiger partial charge in [-0.15, -0.1) is 0 Å². The van der Waals surface area contributed by atoms with E-state index in [0.717, 1.165) is 0 Å². The van der Waals surface area contributed by atoms with Crippen LogP contribution in [0.2, 0.25) is 5.02 Å². The van der Waals surface area contributed by atoms with Crippen LogP contribution in [0.4, 0.5) is 5.69 Å². The van der Waals surface area contributed by atoms with E-state index in [-0.39, 0.29) is 11.3 Å². The van der Waals surface area contributed by atoms with Crippen molar-refractivity contribution in [1.29, 1.82) is 0 Å². The van der Waals surface area contributed by atoms with Gasteiger partial charge >= 0.3 is 5.97 Å². The maximum Gasteiger partial charge on any atom is 0.308 e. The first-order valence-electron chi connectivity index (χ1n) is 10.7. The Labute approximate surface area is 214 Å². The Morgan fingerprint density at radius 2 is 1.39 bits per heavy atom. The topological polar surface area (TPSA) is 92.3 Å². The van der Waals surface area contributed by atoms with Crippen LogP contribution < -0.4 is 29.0 Å². The Kier molecular flexibility index (Phi) is 8.81. The summed E-state index contributed by atoms with van der Waals surface area (Å²) in [5.41, 5.74) is 1.92. The van der Waals surface area contributed by atoms with Gasteiger partial charge in [0.25, 0.3) is 5.91 Å². The normalized spacial score (nSPS) is 10.9. The first-order chi connectivity index (χ1) is 17.3. The Bertz CT molecular complexity index is 1260. The third-order valence-corrected chi connectivity index (χ3v) is 5.33. The molecule has 0 heterocycles. The molecule has 1 N–H and O–H groups in total. The zero-order valence-corrected chi connectivity index (χ0v) is 21.3. The fourth-order valence-corrected chi connectivity index (χ4v) is 3.56. The zero-order valence-electron chi connectivity index (χ0n) is 20.5. The van der Waals surface area contributed by atoms with Crippen molar-refractivity contribution in [3.63, 3.8) is 0 Å².